The summed E-state index contributed by atoms with van der Waals surface area (Å²) in [6.07, 6.45) is -1.29. The molecule has 8 heteroatoms. The van der Waals surface area contributed by atoms with Crippen molar-refractivity contribution in [2.75, 3.05) is 37.7 Å². The summed E-state index contributed by atoms with van der Waals surface area (Å²) in [6, 6.07) is 20.9. The number of aliphatic hydroxyl groups is 2. The minimum atomic E-state index is -0.702. The van der Waals surface area contributed by atoms with E-state index < -0.39 is 12.2 Å². The molecule has 0 aromatic heterocycles. The third-order valence-corrected chi connectivity index (χ3v) is 6.60. The zero-order valence-electron chi connectivity index (χ0n) is 20.0. The Hall–Kier alpha value is -3.15. The highest BCUT2D eigenvalue weighted by Crippen LogP contribution is 2.37. The first-order valence-corrected chi connectivity index (χ1v) is 12.2. The number of nitrogens with zero attached hydrogens (tertiary/aromatic N) is 3. The Morgan fingerprint density at radius 3 is 2.44 bits per heavy atom. The van der Waals surface area contributed by atoms with Gasteiger partial charge in [0, 0.05) is 32.2 Å². The van der Waals surface area contributed by atoms with Crippen LogP contribution in [0.25, 0.3) is 0 Å². The van der Waals surface area contributed by atoms with Gasteiger partial charge in [0.1, 0.15) is 18.2 Å². The van der Waals surface area contributed by atoms with Crippen molar-refractivity contribution in [3.8, 4) is 11.8 Å². The van der Waals surface area contributed by atoms with E-state index in [9.17, 15) is 14.6 Å². The van der Waals surface area contributed by atoms with Crippen LogP contribution in [0.2, 0.25) is 5.02 Å². The van der Waals surface area contributed by atoms with Gasteiger partial charge in [0.2, 0.25) is 0 Å². The van der Waals surface area contributed by atoms with Gasteiger partial charge in [0.15, 0.2) is 0 Å². The number of anilines is 1. The summed E-state index contributed by atoms with van der Waals surface area (Å²) >= 11 is 6.66. The lowest BCUT2D eigenvalue weighted by Crippen LogP contribution is -2.49. The predicted octanol–water partition coefficient (Wildman–Crippen LogP) is 4.71. The third kappa shape index (κ3) is 6.34. The molecule has 1 fully saturated rings. The van der Waals surface area contributed by atoms with Gasteiger partial charge >= 0.3 is 0 Å². The number of benzene rings is 3. The topological polar surface area (TPSA) is 80.0 Å². The van der Waals surface area contributed by atoms with Gasteiger partial charge < -0.3 is 19.8 Å². The van der Waals surface area contributed by atoms with Crippen LogP contribution in [0.3, 0.4) is 0 Å². The summed E-state index contributed by atoms with van der Waals surface area (Å²) in [4.78, 5) is 4.38. The molecule has 3 aromatic carbocycles. The molecular formula is C28H29ClFN3O3. The molecule has 1 heterocycles. The first-order chi connectivity index (χ1) is 17.3. The molecule has 6 nitrogen and oxygen atoms in total. The molecule has 0 aliphatic carbocycles. The third-order valence-electron chi connectivity index (χ3n) is 6.29. The van der Waals surface area contributed by atoms with Crippen molar-refractivity contribution in [2.24, 2.45) is 0 Å². The molecule has 4 rings (SSSR count). The zero-order valence-corrected chi connectivity index (χ0v) is 20.8. The second kappa shape index (κ2) is 11.7. The lowest BCUT2D eigenvalue weighted by Gasteiger charge is -2.44. The monoisotopic (exact) mass is 509 g/mol. The minimum Gasteiger partial charge on any atom is -0.491 e. The van der Waals surface area contributed by atoms with Crippen LogP contribution in [0.4, 0.5) is 10.1 Å². The van der Waals surface area contributed by atoms with Gasteiger partial charge in [-0.15, -0.1) is 0 Å². The molecule has 0 saturated carbocycles. The van der Waals surface area contributed by atoms with E-state index in [1.165, 1.54) is 12.1 Å². The van der Waals surface area contributed by atoms with E-state index in [2.05, 4.69) is 15.9 Å². The highest BCUT2D eigenvalue weighted by Gasteiger charge is 2.31. The number of rotatable bonds is 8. The summed E-state index contributed by atoms with van der Waals surface area (Å²) in [5.74, 6) is 0.277. The van der Waals surface area contributed by atoms with Crippen LogP contribution in [0.15, 0.2) is 66.7 Å². The fourth-order valence-corrected chi connectivity index (χ4v) is 4.70. The Balaban J connectivity index is 1.54. The maximum absolute atomic E-state index is 13.7. The van der Waals surface area contributed by atoms with Gasteiger partial charge in [-0.2, -0.15) is 5.26 Å². The highest BCUT2D eigenvalue weighted by molar-refractivity contribution is 6.33. The van der Waals surface area contributed by atoms with E-state index in [0.717, 1.165) is 16.8 Å². The molecule has 0 radical (unpaired) electrons. The average Bonchev–Trinajstić information content (AvgIpc) is 2.88. The quantitative estimate of drug-likeness (QED) is 0.458. The molecular weight excluding hydrogens is 481 g/mol. The van der Waals surface area contributed by atoms with E-state index in [1.807, 2.05) is 12.1 Å². The number of hydrogen-bond acceptors (Lipinski definition) is 6. The Labute approximate surface area is 215 Å². The van der Waals surface area contributed by atoms with Crippen molar-refractivity contribution in [3.63, 3.8) is 0 Å². The van der Waals surface area contributed by atoms with Crippen molar-refractivity contribution in [3.05, 3.63) is 94.3 Å². The number of ether oxygens (including phenoxy) is 1. The second-order valence-corrected chi connectivity index (χ2v) is 9.45. The largest absolute Gasteiger partial charge is 0.491 e. The van der Waals surface area contributed by atoms with Crippen LogP contribution in [-0.2, 0) is 0 Å². The summed E-state index contributed by atoms with van der Waals surface area (Å²) in [5.41, 5.74) is 3.09. The second-order valence-electron chi connectivity index (χ2n) is 9.04. The summed E-state index contributed by atoms with van der Waals surface area (Å²) in [5, 5.41) is 29.8. The van der Waals surface area contributed by atoms with E-state index in [4.69, 9.17) is 21.6 Å². The van der Waals surface area contributed by atoms with Crippen LogP contribution in [-0.4, -0.2) is 54.0 Å². The van der Waals surface area contributed by atoms with Gasteiger partial charge in [0.05, 0.1) is 40.6 Å². The summed E-state index contributed by atoms with van der Waals surface area (Å²) in [6.45, 7) is 4.21. The van der Waals surface area contributed by atoms with Crippen LogP contribution >= 0.6 is 11.6 Å². The molecule has 0 unspecified atom stereocenters. The smallest absolute Gasteiger partial charge is 0.123 e. The first-order valence-electron chi connectivity index (χ1n) is 11.9. The van der Waals surface area contributed by atoms with Gasteiger partial charge in [-0.1, -0.05) is 35.9 Å². The zero-order chi connectivity index (χ0) is 25.7. The first kappa shape index (κ1) is 25.9. The van der Waals surface area contributed by atoms with Crippen LogP contribution in [0, 0.1) is 17.1 Å². The van der Waals surface area contributed by atoms with Crippen LogP contribution in [0.5, 0.6) is 5.75 Å². The molecule has 1 saturated heterocycles. The maximum atomic E-state index is 13.7. The van der Waals surface area contributed by atoms with Gasteiger partial charge in [-0.05, 0) is 54.4 Å². The molecule has 36 heavy (non-hydrogen) atoms. The van der Waals surface area contributed by atoms with E-state index in [0.29, 0.717) is 42.5 Å². The number of hydrogen-bond donors (Lipinski definition) is 2. The highest BCUT2D eigenvalue weighted by atomic mass is 35.5. The minimum absolute atomic E-state index is 0.116. The van der Waals surface area contributed by atoms with Crippen molar-refractivity contribution in [1.29, 1.82) is 5.26 Å². The Morgan fingerprint density at radius 2 is 1.81 bits per heavy atom. The molecule has 2 N–H and O–H groups in total. The number of aliphatic hydroxyl groups excluding tert-OH is 2. The standard InChI is InChI=1S/C28H29ClFN3O3/c1-19(34)18-36-24-10-11-26(25(29)14-24)33-13-12-32(16-27(33)21-6-8-23(30)9-7-21)17-28(35)22-4-2-20(15-31)3-5-22/h2-11,14,19,27-28,34-35H,12-13,16-18H2,1H3/t19-,27-,28+/m0/s1. The number of nitriles is 1. The van der Waals surface area contributed by atoms with E-state index >= 15 is 0 Å². The Bertz CT molecular complexity index is 1200. The lowest BCUT2D eigenvalue weighted by molar-refractivity contribution is 0.100. The fourth-order valence-electron chi connectivity index (χ4n) is 4.42. The number of piperazine rings is 1. The molecule has 0 amide bonds. The summed E-state index contributed by atoms with van der Waals surface area (Å²) in [7, 11) is 0. The molecule has 3 aromatic rings. The molecule has 0 spiro atoms. The van der Waals surface area contributed by atoms with Gasteiger partial charge in [-0.25, -0.2) is 4.39 Å². The van der Waals surface area contributed by atoms with Crippen molar-refractivity contribution >= 4 is 17.3 Å². The van der Waals surface area contributed by atoms with Crippen LogP contribution in [0.1, 0.15) is 35.8 Å². The van der Waals surface area contributed by atoms with Crippen LogP contribution < -0.4 is 9.64 Å². The van der Waals surface area contributed by atoms with Gasteiger partial charge in [-0.3, -0.25) is 4.90 Å². The number of β-amino-alcohol motifs (C(OH)–C–C–N with tert-alkyl or cyclic N) is 1. The summed E-state index contributed by atoms with van der Waals surface area (Å²) < 4.78 is 19.3. The Morgan fingerprint density at radius 1 is 1.08 bits per heavy atom. The fraction of sp³-hybridized carbons (Fsp3) is 0.321. The van der Waals surface area contributed by atoms with E-state index in [1.54, 1.807) is 49.4 Å². The van der Waals surface area contributed by atoms with E-state index in [-0.39, 0.29) is 18.5 Å². The Kier molecular flexibility index (Phi) is 8.44. The maximum Gasteiger partial charge on any atom is 0.123 e. The molecule has 0 bridgehead atoms. The molecule has 1 aliphatic rings. The molecule has 188 valence electrons. The average molecular weight is 510 g/mol. The SMILES string of the molecule is C[C@H](O)COc1ccc(N2CCN(C[C@@H](O)c3ccc(C#N)cc3)C[C@H]2c2ccc(F)cc2)c(Cl)c1. The van der Waals surface area contributed by atoms with Crippen molar-refractivity contribution in [2.45, 2.75) is 25.2 Å². The van der Waals surface area contributed by atoms with Crippen molar-refractivity contribution < 1.29 is 19.3 Å². The lowest BCUT2D eigenvalue weighted by atomic mass is 10.00. The predicted molar refractivity (Wildman–Crippen MR) is 138 cm³/mol. The normalized spacial score (nSPS) is 17.9. The van der Waals surface area contributed by atoms with Gasteiger partial charge in [0.25, 0.3) is 0 Å². The molecule has 1 aliphatic heterocycles. The molecule has 3 atom stereocenters. The van der Waals surface area contributed by atoms with Crippen molar-refractivity contribution in [1.82, 2.24) is 4.90 Å². The number of halogens is 2.